The van der Waals surface area contributed by atoms with E-state index < -0.39 is 0 Å². The number of thiazole rings is 1. The summed E-state index contributed by atoms with van der Waals surface area (Å²) in [5.74, 6) is 1.53. The molecule has 0 aliphatic carbocycles. The van der Waals surface area contributed by atoms with Crippen molar-refractivity contribution in [1.29, 1.82) is 0 Å². The number of likely N-dealkylation sites (tertiary alicyclic amines) is 1. The van der Waals surface area contributed by atoms with Gasteiger partial charge in [-0.05, 0) is 62.6 Å². The Labute approximate surface area is 186 Å². The lowest BCUT2D eigenvalue weighted by Crippen LogP contribution is -2.42. The van der Waals surface area contributed by atoms with Crippen LogP contribution < -0.4 is 4.74 Å². The molecule has 4 rings (SSSR count). The molecule has 0 saturated carbocycles. The molecule has 0 N–H and O–H groups in total. The fraction of sp³-hybridized carbons (Fsp3) is 0.320. The first-order valence-corrected chi connectivity index (χ1v) is 11.5. The van der Waals surface area contributed by atoms with Crippen molar-refractivity contribution < 1.29 is 14.3 Å². The minimum atomic E-state index is -0.149. The molecule has 0 spiro atoms. The van der Waals surface area contributed by atoms with Gasteiger partial charge in [0.1, 0.15) is 11.5 Å². The van der Waals surface area contributed by atoms with Crippen LogP contribution in [0.5, 0.6) is 11.5 Å². The fourth-order valence-electron chi connectivity index (χ4n) is 3.91. The molecular formula is C25H26N2O3S. The minimum Gasteiger partial charge on any atom is -0.457 e. The highest BCUT2D eigenvalue weighted by molar-refractivity contribution is 7.09. The Morgan fingerprint density at radius 2 is 1.84 bits per heavy atom. The average molecular weight is 435 g/mol. The van der Waals surface area contributed by atoms with Crippen LogP contribution in [0.25, 0.3) is 0 Å². The van der Waals surface area contributed by atoms with Gasteiger partial charge in [-0.1, -0.05) is 18.2 Å². The molecule has 0 radical (unpaired) electrons. The number of ether oxygens (including phenoxy) is 1. The molecule has 2 aromatic carbocycles. The summed E-state index contributed by atoms with van der Waals surface area (Å²) in [5.41, 5.74) is 3.49. The van der Waals surface area contributed by atoms with E-state index in [1.807, 2.05) is 71.9 Å². The number of benzene rings is 2. The number of hydrogen-bond donors (Lipinski definition) is 0. The number of aryl methyl sites for hydroxylation is 2. The summed E-state index contributed by atoms with van der Waals surface area (Å²) in [6.45, 7) is 3.21. The molecular weight excluding hydrogens is 408 g/mol. The zero-order valence-electron chi connectivity index (χ0n) is 17.6. The van der Waals surface area contributed by atoms with Gasteiger partial charge in [-0.15, -0.1) is 11.3 Å². The topological polar surface area (TPSA) is 59.5 Å². The summed E-state index contributed by atoms with van der Waals surface area (Å²) in [7, 11) is 0. The number of para-hydroxylation sites is 1. The van der Waals surface area contributed by atoms with E-state index in [1.54, 1.807) is 11.3 Å². The molecule has 1 saturated heterocycles. The first-order chi connectivity index (χ1) is 15.1. The number of ketones is 1. The first kappa shape index (κ1) is 21.2. The lowest BCUT2D eigenvalue weighted by Gasteiger charge is -2.32. The zero-order chi connectivity index (χ0) is 21.6. The third-order valence-electron chi connectivity index (χ3n) is 5.67. The maximum atomic E-state index is 13.0. The van der Waals surface area contributed by atoms with Crippen LogP contribution in [-0.2, 0) is 11.2 Å². The number of rotatable bonds is 7. The maximum Gasteiger partial charge on any atom is 0.222 e. The number of carbonyl (C=O) groups is 2. The van der Waals surface area contributed by atoms with Crippen LogP contribution in [0.3, 0.4) is 0 Å². The number of piperidine rings is 1. The minimum absolute atomic E-state index is 0.0991. The Morgan fingerprint density at radius 1 is 1.10 bits per heavy atom. The van der Waals surface area contributed by atoms with Gasteiger partial charge < -0.3 is 9.64 Å². The molecule has 31 heavy (non-hydrogen) atoms. The molecule has 3 aromatic rings. The Morgan fingerprint density at radius 3 is 2.55 bits per heavy atom. The van der Waals surface area contributed by atoms with E-state index in [4.69, 9.17) is 4.74 Å². The van der Waals surface area contributed by atoms with Crippen molar-refractivity contribution in [3.05, 3.63) is 76.2 Å². The lowest BCUT2D eigenvalue weighted by atomic mass is 9.89. The van der Waals surface area contributed by atoms with Crippen LogP contribution in [0.2, 0.25) is 0 Å². The highest BCUT2D eigenvalue weighted by atomic mass is 32.1. The molecule has 6 heteroatoms. The van der Waals surface area contributed by atoms with Gasteiger partial charge in [0.05, 0.1) is 11.2 Å². The Kier molecular flexibility index (Phi) is 6.77. The van der Waals surface area contributed by atoms with Crippen LogP contribution in [0, 0.1) is 12.8 Å². The van der Waals surface area contributed by atoms with Crippen molar-refractivity contribution in [1.82, 2.24) is 9.88 Å². The van der Waals surface area contributed by atoms with E-state index in [-0.39, 0.29) is 17.6 Å². The summed E-state index contributed by atoms with van der Waals surface area (Å²) in [4.78, 5) is 33.0. The smallest absolute Gasteiger partial charge is 0.222 e. The summed E-state index contributed by atoms with van der Waals surface area (Å²) >= 11 is 1.60. The number of Topliss-reactive ketones (excluding diaryl/α,β-unsaturated/α-hetero) is 1. The predicted octanol–water partition coefficient (Wildman–Crippen LogP) is 5.30. The van der Waals surface area contributed by atoms with E-state index >= 15 is 0 Å². The Hall–Kier alpha value is -2.99. The molecule has 2 heterocycles. The van der Waals surface area contributed by atoms with E-state index in [1.165, 1.54) is 0 Å². The van der Waals surface area contributed by atoms with Crippen LogP contribution in [0.4, 0.5) is 0 Å². The van der Waals surface area contributed by atoms with Gasteiger partial charge in [0.15, 0.2) is 5.78 Å². The van der Waals surface area contributed by atoms with Crippen molar-refractivity contribution in [2.75, 3.05) is 13.1 Å². The molecule has 0 bridgehead atoms. The highest BCUT2D eigenvalue weighted by Crippen LogP contribution is 2.25. The monoisotopic (exact) mass is 434 g/mol. The lowest BCUT2D eigenvalue weighted by molar-refractivity contribution is -0.132. The average Bonchev–Trinajstić information content (AvgIpc) is 3.23. The Bertz CT molecular complexity index is 1030. The van der Waals surface area contributed by atoms with Gasteiger partial charge in [-0.3, -0.25) is 9.59 Å². The summed E-state index contributed by atoms with van der Waals surface area (Å²) in [6.07, 6.45) is 2.86. The first-order valence-electron chi connectivity index (χ1n) is 10.6. The quantitative estimate of drug-likeness (QED) is 0.474. The zero-order valence-corrected chi connectivity index (χ0v) is 18.4. The van der Waals surface area contributed by atoms with E-state index in [9.17, 15) is 9.59 Å². The molecule has 1 amide bonds. The summed E-state index contributed by atoms with van der Waals surface area (Å²) in [6, 6.07) is 16.8. The molecule has 5 nitrogen and oxygen atoms in total. The SMILES string of the molecule is Cc1ncsc1CCC(=O)N1CCC[C@@H](C(=O)c2ccc(Oc3ccccc3)cc2)C1. The molecule has 1 atom stereocenters. The largest absolute Gasteiger partial charge is 0.457 e. The number of nitrogens with zero attached hydrogens (tertiary/aromatic N) is 2. The number of aromatic nitrogens is 1. The summed E-state index contributed by atoms with van der Waals surface area (Å²) in [5, 5.41) is 0. The van der Waals surface area contributed by atoms with Crippen LogP contribution in [0.15, 0.2) is 60.1 Å². The molecule has 0 unspecified atom stereocenters. The van der Waals surface area contributed by atoms with Gasteiger partial charge in [-0.2, -0.15) is 0 Å². The summed E-state index contributed by atoms with van der Waals surface area (Å²) < 4.78 is 5.81. The number of amides is 1. The van der Waals surface area contributed by atoms with Crippen molar-refractivity contribution >= 4 is 23.0 Å². The van der Waals surface area contributed by atoms with Gasteiger partial charge in [0, 0.05) is 35.9 Å². The second-order valence-electron chi connectivity index (χ2n) is 7.84. The molecule has 1 aliphatic rings. The van der Waals surface area contributed by atoms with Crippen molar-refractivity contribution in [2.24, 2.45) is 5.92 Å². The van der Waals surface area contributed by atoms with Crippen molar-refractivity contribution in [3.63, 3.8) is 0 Å². The third-order valence-corrected chi connectivity index (χ3v) is 6.67. The third kappa shape index (κ3) is 5.39. The predicted molar refractivity (Wildman–Crippen MR) is 122 cm³/mol. The van der Waals surface area contributed by atoms with Crippen molar-refractivity contribution in [3.8, 4) is 11.5 Å². The second-order valence-corrected chi connectivity index (χ2v) is 8.78. The van der Waals surface area contributed by atoms with Crippen LogP contribution in [0.1, 0.15) is 40.2 Å². The van der Waals surface area contributed by atoms with E-state index in [0.29, 0.717) is 30.7 Å². The van der Waals surface area contributed by atoms with Gasteiger partial charge in [-0.25, -0.2) is 4.98 Å². The van der Waals surface area contributed by atoms with Crippen LogP contribution in [-0.4, -0.2) is 34.7 Å². The normalized spacial score (nSPS) is 16.2. The number of hydrogen-bond acceptors (Lipinski definition) is 5. The van der Waals surface area contributed by atoms with Crippen molar-refractivity contribution in [2.45, 2.75) is 32.6 Å². The highest BCUT2D eigenvalue weighted by Gasteiger charge is 2.29. The second kappa shape index (κ2) is 9.88. The van der Waals surface area contributed by atoms with E-state index in [2.05, 4.69) is 4.98 Å². The molecule has 160 valence electrons. The standard InChI is InChI=1S/C25H26N2O3S/c1-18-23(31-17-26-18)13-14-24(28)27-15-5-6-20(16-27)25(29)19-9-11-22(12-10-19)30-21-7-3-2-4-8-21/h2-4,7-12,17,20H,5-6,13-16H2,1H3/t20-/m1/s1. The number of carbonyl (C=O) groups excluding carboxylic acids is 2. The van der Waals surface area contributed by atoms with E-state index in [0.717, 1.165) is 35.7 Å². The fourth-order valence-corrected chi connectivity index (χ4v) is 4.69. The Balaban J connectivity index is 1.33. The van der Waals surface area contributed by atoms with Gasteiger partial charge in [0.2, 0.25) is 5.91 Å². The molecule has 1 aliphatic heterocycles. The van der Waals surface area contributed by atoms with Gasteiger partial charge >= 0.3 is 0 Å². The van der Waals surface area contributed by atoms with Crippen LogP contribution >= 0.6 is 11.3 Å². The maximum absolute atomic E-state index is 13.0. The van der Waals surface area contributed by atoms with Gasteiger partial charge in [0.25, 0.3) is 0 Å². The molecule has 1 aromatic heterocycles. The molecule has 1 fully saturated rings.